The van der Waals surface area contributed by atoms with Crippen molar-refractivity contribution < 1.29 is 0 Å². The second-order valence-corrected chi connectivity index (χ2v) is 6.79. The first-order valence-corrected chi connectivity index (χ1v) is 7.69. The van der Waals surface area contributed by atoms with Crippen molar-refractivity contribution in [2.75, 3.05) is 33.7 Å². The van der Waals surface area contributed by atoms with Crippen LogP contribution in [0.3, 0.4) is 0 Å². The lowest BCUT2D eigenvalue weighted by atomic mass is 9.75. The summed E-state index contributed by atoms with van der Waals surface area (Å²) < 4.78 is 0. The topological polar surface area (TPSA) is 32.5 Å². The molecule has 0 radical (unpaired) electrons. The highest BCUT2D eigenvalue weighted by molar-refractivity contribution is 4.96. The van der Waals surface area contributed by atoms with E-state index in [1.165, 1.54) is 51.6 Å². The Morgan fingerprint density at radius 1 is 1.33 bits per heavy atom. The highest BCUT2D eigenvalue weighted by Gasteiger charge is 2.38. The lowest BCUT2D eigenvalue weighted by Gasteiger charge is -2.47. The molecule has 1 aliphatic carbocycles. The molecule has 0 amide bonds. The number of nitrogens with zero attached hydrogens (tertiary/aromatic N) is 2. The third kappa shape index (κ3) is 2.89. The van der Waals surface area contributed by atoms with Gasteiger partial charge in [-0.25, -0.2) is 0 Å². The Labute approximate surface area is 113 Å². The SMILES string of the molecule is CC1CCCC(CN)(N(C)CC2CCCN2C)C1. The minimum absolute atomic E-state index is 0.279. The molecular weight excluding hydrogens is 222 g/mol. The van der Waals surface area contributed by atoms with Crippen LogP contribution in [0.1, 0.15) is 45.4 Å². The standard InChI is InChI=1S/C15H31N3/c1-13-6-4-8-15(10-13,12-16)18(3)11-14-7-5-9-17(14)2/h13-14H,4-12,16H2,1-3H3. The number of nitrogens with two attached hydrogens (primary N) is 1. The van der Waals surface area contributed by atoms with Crippen molar-refractivity contribution in [2.24, 2.45) is 11.7 Å². The van der Waals surface area contributed by atoms with Gasteiger partial charge in [-0.1, -0.05) is 19.8 Å². The molecule has 106 valence electrons. The van der Waals surface area contributed by atoms with Crippen molar-refractivity contribution in [1.82, 2.24) is 9.80 Å². The second kappa shape index (κ2) is 5.89. The number of rotatable bonds is 4. The van der Waals surface area contributed by atoms with Crippen LogP contribution in [0, 0.1) is 5.92 Å². The zero-order valence-electron chi connectivity index (χ0n) is 12.5. The van der Waals surface area contributed by atoms with Crippen LogP contribution < -0.4 is 5.73 Å². The summed E-state index contributed by atoms with van der Waals surface area (Å²) in [6.07, 6.45) is 8.04. The molecule has 3 nitrogen and oxygen atoms in total. The Kier molecular flexibility index (Phi) is 4.68. The van der Waals surface area contributed by atoms with E-state index in [9.17, 15) is 0 Å². The van der Waals surface area contributed by atoms with Crippen molar-refractivity contribution in [2.45, 2.75) is 57.0 Å². The van der Waals surface area contributed by atoms with Crippen LogP contribution in [0.15, 0.2) is 0 Å². The molecule has 0 aromatic carbocycles. The normalized spacial score (nSPS) is 38.5. The number of likely N-dealkylation sites (tertiary alicyclic amines) is 1. The van der Waals surface area contributed by atoms with Gasteiger partial charge >= 0.3 is 0 Å². The van der Waals surface area contributed by atoms with E-state index in [-0.39, 0.29) is 5.54 Å². The highest BCUT2D eigenvalue weighted by Crippen LogP contribution is 2.36. The van der Waals surface area contributed by atoms with Gasteiger partial charge in [0, 0.05) is 24.7 Å². The Morgan fingerprint density at radius 3 is 2.67 bits per heavy atom. The zero-order chi connectivity index (χ0) is 13.2. The van der Waals surface area contributed by atoms with E-state index < -0.39 is 0 Å². The molecule has 3 heteroatoms. The van der Waals surface area contributed by atoms with Gasteiger partial charge in [0.1, 0.15) is 0 Å². The molecule has 1 saturated carbocycles. The minimum Gasteiger partial charge on any atom is -0.329 e. The van der Waals surface area contributed by atoms with Gasteiger partial charge in [0.25, 0.3) is 0 Å². The maximum absolute atomic E-state index is 6.16. The van der Waals surface area contributed by atoms with Crippen molar-refractivity contribution in [3.05, 3.63) is 0 Å². The van der Waals surface area contributed by atoms with Crippen LogP contribution in [-0.2, 0) is 0 Å². The monoisotopic (exact) mass is 253 g/mol. The number of hydrogen-bond donors (Lipinski definition) is 1. The van der Waals surface area contributed by atoms with Crippen LogP contribution in [-0.4, -0.2) is 55.1 Å². The third-order valence-electron chi connectivity index (χ3n) is 5.41. The van der Waals surface area contributed by atoms with Gasteiger partial charge in [-0.15, -0.1) is 0 Å². The van der Waals surface area contributed by atoms with Crippen molar-refractivity contribution in [3.8, 4) is 0 Å². The van der Waals surface area contributed by atoms with Crippen molar-refractivity contribution >= 4 is 0 Å². The van der Waals surface area contributed by atoms with E-state index in [1.54, 1.807) is 0 Å². The molecule has 1 heterocycles. The molecule has 0 aromatic heterocycles. The molecule has 0 spiro atoms. The fraction of sp³-hybridized carbons (Fsp3) is 1.00. The van der Waals surface area contributed by atoms with Crippen LogP contribution >= 0.6 is 0 Å². The highest BCUT2D eigenvalue weighted by atomic mass is 15.2. The molecule has 1 saturated heterocycles. The van der Waals surface area contributed by atoms with E-state index in [4.69, 9.17) is 5.73 Å². The lowest BCUT2D eigenvalue weighted by Crippen LogP contribution is -2.57. The molecule has 2 fully saturated rings. The van der Waals surface area contributed by atoms with Crippen molar-refractivity contribution in [3.63, 3.8) is 0 Å². The fourth-order valence-corrected chi connectivity index (χ4v) is 4.04. The fourth-order valence-electron chi connectivity index (χ4n) is 4.04. The molecule has 0 aromatic rings. The molecule has 18 heavy (non-hydrogen) atoms. The number of likely N-dealkylation sites (N-methyl/N-ethyl adjacent to an activating group) is 2. The summed E-state index contributed by atoms with van der Waals surface area (Å²) in [4.78, 5) is 5.11. The first-order chi connectivity index (χ1) is 8.57. The quantitative estimate of drug-likeness (QED) is 0.831. The summed E-state index contributed by atoms with van der Waals surface area (Å²) in [6.45, 7) is 5.67. The first kappa shape index (κ1) is 14.3. The summed E-state index contributed by atoms with van der Waals surface area (Å²) in [5.41, 5.74) is 6.43. The molecular formula is C15H31N3. The van der Waals surface area contributed by atoms with Crippen molar-refractivity contribution in [1.29, 1.82) is 0 Å². The maximum Gasteiger partial charge on any atom is 0.0331 e. The summed E-state index contributed by atoms with van der Waals surface area (Å²) in [6, 6.07) is 0.746. The van der Waals surface area contributed by atoms with Crippen LogP contribution in [0.4, 0.5) is 0 Å². The van der Waals surface area contributed by atoms with Gasteiger partial charge in [-0.05, 0) is 52.2 Å². The van der Waals surface area contributed by atoms with Gasteiger partial charge in [0.05, 0.1) is 0 Å². The van der Waals surface area contributed by atoms with Gasteiger partial charge in [0.15, 0.2) is 0 Å². The van der Waals surface area contributed by atoms with E-state index >= 15 is 0 Å². The molecule has 2 aliphatic rings. The lowest BCUT2D eigenvalue weighted by molar-refractivity contribution is 0.0447. The largest absolute Gasteiger partial charge is 0.329 e. The summed E-state index contributed by atoms with van der Waals surface area (Å²) in [5, 5.41) is 0. The predicted octanol–water partition coefficient (Wildman–Crippen LogP) is 1.92. The molecule has 2 rings (SSSR count). The Hall–Kier alpha value is -0.120. The molecule has 2 N–H and O–H groups in total. The second-order valence-electron chi connectivity index (χ2n) is 6.79. The van der Waals surface area contributed by atoms with Crippen LogP contribution in [0.2, 0.25) is 0 Å². The maximum atomic E-state index is 6.16. The van der Waals surface area contributed by atoms with E-state index in [0.29, 0.717) is 0 Å². The van der Waals surface area contributed by atoms with Gasteiger partial charge < -0.3 is 10.6 Å². The van der Waals surface area contributed by atoms with Gasteiger partial charge in [0.2, 0.25) is 0 Å². The van der Waals surface area contributed by atoms with Gasteiger partial charge in [-0.2, -0.15) is 0 Å². The predicted molar refractivity (Wildman–Crippen MR) is 77.7 cm³/mol. The minimum atomic E-state index is 0.279. The average molecular weight is 253 g/mol. The number of hydrogen-bond acceptors (Lipinski definition) is 3. The van der Waals surface area contributed by atoms with E-state index in [1.807, 2.05) is 0 Å². The molecule has 3 atom stereocenters. The molecule has 0 bridgehead atoms. The van der Waals surface area contributed by atoms with E-state index in [2.05, 4.69) is 30.8 Å². The summed E-state index contributed by atoms with van der Waals surface area (Å²) in [7, 11) is 4.57. The molecule has 1 aliphatic heterocycles. The average Bonchev–Trinajstić information content (AvgIpc) is 2.75. The van der Waals surface area contributed by atoms with E-state index in [0.717, 1.165) is 18.5 Å². The third-order valence-corrected chi connectivity index (χ3v) is 5.41. The first-order valence-electron chi connectivity index (χ1n) is 7.69. The van der Waals surface area contributed by atoms with Crippen LogP contribution in [0.25, 0.3) is 0 Å². The molecule has 3 unspecified atom stereocenters. The Bertz CT molecular complexity index is 268. The Balaban J connectivity index is 1.98. The Morgan fingerprint density at radius 2 is 2.11 bits per heavy atom. The zero-order valence-corrected chi connectivity index (χ0v) is 12.5. The summed E-state index contributed by atoms with van der Waals surface area (Å²) in [5.74, 6) is 0.839. The van der Waals surface area contributed by atoms with Gasteiger partial charge in [-0.3, -0.25) is 4.90 Å². The van der Waals surface area contributed by atoms with Crippen LogP contribution in [0.5, 0.6) is 0 Å². The smallest absolute Gasteiger partial charge is 0.0331 e. The summed E-state index contributed by atoms with van der Waals surface area (Å²) >= 11 is 0.